The highest BCUT2D eigenvalue weighted by Gasteiger charge is 2.41. The number of hydrogen-bond acceptors (Lipinski definition) is 2. The molecule has 1 aromatic carbocycles. The van der Waals surface area contributed by atoms with E-state index in [2.05, 4.69) is 21.2 Å². The minimum Gasteiger partial charge on any atom is -0.444 e. The smallest absolute Gasteiger partial charge is 0.407 e. The van der Waals surface area contributed by atoms with Gasteiger partial charge >= 0.3 is 6.09 Å². The zero-order chi connectivity index (χ0) is 14.2. The third-order valence-corrected chi connectivity index (χ3v) is 3.34. The molecule has 19 heavy (non-hydrogen) atoms. The zero-order valence-corrected chi connectivity index (χ0v) is 12.8. The van der Waals surface area contributed by atoms with Crippen molar-refractivity contribution in [2.24, 2.45) is 0 Å². The van der Waals surface area contributed by atoms with Crippen molar-refractivity contribution in [1.82, 2.24) is 5.32 Å². The van der Waals surface area contributed by atoms with E-state index in [0.717, 1.165) is 10.9 Å². The van der Waals surface area contributed by atoms with E-state index in [1.165, 1.54) is 6.07 Å². The summed E-state index contributed by atoms with van der Waals surface area (Å²) >= 11 is 3.32. The first kappa shape index (κ1) is 14.3. The van der Waals surface area contributed by atoms with Gasteiger partial charge in [-0.2, -0.15) is 0 Å². The first-order chi connectivity index (χ1) is 8.76. The maximum atomic E-state index is 13.7. The van der Waals surface area contributed by atoms with Crippen molar-refractivity contribution in [3.05, 3.63) is 34.1 Å². The Morgan fingerprint density at radius 1 is 1.47 bits per heavy atom. The van der Waals surface area contributed by atoms with Crippen LogP contribution in [0.15, 0.2) is 22.7 Å². The summed E-state index contributed by atoms with van der Waals surface area (Å²) in [5, 5.41) is 2.76. The van der Waals surface area contributed by atoms with Crippen LogP contribution in [0.1, 0.15) is 38.7 Å². The number of amides is 1. The third kappa shape index (κ3) is 3.93. The molecule has 1 aliphatic carbocycles. The molecule has 0 radical (unpaired) electrons. The van der Waals surface area contributed by atoms with Gasteiger partial charge in [0.05, 0.1) is 0 Å². The van der Waals surface area contributed by atoms with Crippen molar-refractivity contribution < 1.29 is 13.9 Å². The van der Waals surface area contributed by atoms with Crippen LogP contribution in [0.25, 0.3) is 0 Å². The van der Waals surface area contributed by atoms with Crippen LogP contribution in [-0.4, -0.2) is 17.7 Å². The number of ether oxygens (including phenoxy) is 1. The molecular formula is C14H17BrFNO2. The predicted molar refractivity (Wildman–Crippen MR) is 74.6 cm³/mol. The predicted octanol–water partition coefficient (Wildman–Crippen LogP) is 3.97. The van der Waals surface area contributed by atoms with Crippen molar-refractivity contribution in [3.8, 4) is 0 Å². The summed E-state index contributed by atoms with van der Waals surface area (Å²) in [5.74, 6) is -0.202. The Morgan fingerprint density at radius 2 is 2.16 bits per heavy atom. The summed E-state index contributed by atoms with van der Waals surface area (Å²) in [5.41, 5.74) is 0.116. The second-order valence-electron chi connectivity index (χ2n) is 5.76. The Bertz CT molecular complexity index is 499. The minimum absolute atomic E-state index is 0.0324. The lowest BCUT2D eigenvalue weighted by atomic mass is 10.1. The van der Waals surface area contributed by atoms with Crippen LogP contribution in [-0.2, 0) is 4.74 Å². The van der Waals surface area contributed by atoms with Gasteiger partial charge in [0.2, 0.25) is 0 Å². The average Bonchev–Trinajstić information content (AvgIpc) is 2.98. The first-order valence-corrected chi connectivity index (χ1v) is 7.00. The Hall–Kier alpha value is -1.10. The third-order valence-electron chi connectivity index (χ3n) is 2.85. The van der Waals surface area contributed by atoms with Crippen molar-refractivity contribution in [2.75, 3.05) is 0 Å². The van der Waals surface area contributed by atoms with E-state index >= 15 is 0 Å². The Morgan fingerprint density at radius 3 is 2.79 bits per heavy atom. The molecule has 1 fully saturated rings. The molecule has 0 spiro atoms. The number of hydrogen-bond donors (Lipinski definition) is 1. The molecule has 2 rings (SSSR count). The molecule has 0 unspecified atom stereocenters. The van der Waals surface area contributed by atoms with Crippen LogP contribution in [0.5, 0.6) is 0 Å². The van der Waals surface area contributed by atoms with E-state index in [9.17, 15) is 9.18 Å². The molecule has 1 saturated carbocycles. The van der Waals surface area contributed by atoms with Crippen molar-refractivity contribution in [1.29, 1.82) is 0 Å². The van der Waals surface area contributed by atoms with Gasteiger partial charge in [-0.15, -0.1) is 0 Å². The van der Waals surface area contributed by atoms with Gasteiger partial charge in [-0.05, 0) is 51.0 Å². The molecular weight excluding hydrogens is 313 g/mol. The number of rotatable bonds is 2. The van der Waals surface area contributed by atoms with Gasteiger partial charge in [0.1, 0.15) is 11.4 Å². The molecule has 5 heteroatoms. The SMILES string of the molecule is CC(C)(C)OC(=O)N[C@@H]1C[C@H]1c1cc(Br)ccc1F. The summed E-state index contributed by atoms with van der Waals surface area (Å²) in [6.45, 7) is 5.43. The van der Waals surface area contributed by atoms with E-state index in [1.807, 2.05) is 20.8 Å². The fraction of sp³-hybridized carbons (Fsp3) is 0.500. The number of benzene rings is 1. The fourth-order valence-corrected chi connectivity index (χ4v) is 2.33. The van der Waals surface area contributed by atoms with Crippen molar-refractivity contribution >= 4 is 22.0 Å². The van der Waals surface area contributed by atoms with Crippen LogP contribution in [0.4, 0.5) is 9.18 Å². The summed E-state index contributed by atoms with van der Waals surface area (Å²) in [6.07, 6.45) is 0.294. The highest BCUT2D eigenvalue weighted by molar-refractivity contribution is 9.10. The molecule has 3 nitrogen and oxygen atoms in total. The van der Waals surface area contributed by atoms with Gasteiger partial charge in [0, 0.05) is 16.4 Å². The van der Waals surface area contributed by atoms with E-state index < -0.39 is 11.7 Å². The Labute approximate surface area is 120 Å². The maximum absolute atomic E-state index is 13.7. The highest BCUT2D eigenvalue weighted by Crippen LogP contribution is 2.42. The Kier molecular flexibility index (Phi) is 3.85. The Balaban J connectivity index is 1.94. The molecule has 1 amide bonds. The van der Waals surface area contributed by atoms with Gasteiger partial charge in [0.15, 0.2) is 0 Å². The number of carbonyl (C=O) groups excluding carboxylic acids is 1. The van der Waals surface area contributed by atoms with E-state index in [0.29, 0.717) is 5.56 Å². The number of carbonyl (C=O) groups is 1. The van der Waals surface area contributed by atoms with E-state index in [1.54, 1.807) is 12.1 Å². The molecule has 1 aromatic rings. The molecule has 2 atom stereocenters. The largest absolute Gasteiger partial charge is 0.444 e. The molecule has 0 aromatic heterocycles. The van der Waals surface area contributed by atoms with Crippen molar-refractivity contribution in [3.63, 3.8) is 0 Å². The average molecular weight is 330 g/mol. The molecule has 0 saturated heterocycles. The summed E-state index contributed by atoms with van der Waals surface area (Å²) in [4.78, 5) is 11.6. The van der Waals surface area contributed by atoms with Gasteiger partial charge in [-0.3, -0.25) is 0 Å². The fourth-order valence-electron chi connectivity index (χ4n) is 1.96. The molecule has 1 N–H and O–H groups in total. The van der Waals surface area contributed by atoms with Crippen LogP contribution >= 0.6 is 15.9 Å². The van der Waals surface area contributed by atoms with E-state index in [4.69, 9.17) is 4.74 Å². The molecule has 0 aliphatic heterocycles. The lowest BCUT2D eigenvalue weighted by Crippen LogP contribution is -2.34. The molecule has 0 heterocycles. The number of alkyl carbamates (subject to hydrolysis) is 1. The van der Waals surface area contributed by atoms with Gasteiger partial charge in [-0.1, -0.05) is 15.9 Å². The lowest BCUT2D eigenvalue weighted by molar-refractivity contribution is 0.0522. The first-order valence-electron chi connectivity index (χ1n) is 6.21. The summed E-state index contributed by atoms with van der Waals surface area (Å²) in [6, 6.07) is 4.81. The quantitative estimate of drug-likeness (QED) is 0.891. The number of halogens is 2. The minimum atomic E-state index is -0.518. The second-order valence-corrected chi connectivity index (χ2v) is 6.68. The molecule has 1 aliphatic rings. The topological polar surface area (TPSA) is 38.3 Å². The van der Waals surface area contributed by atoms with Crippen LogP contribution in [0.2, 0.25) is 0 Å². The van der Waals surface area contributed by atoms with Crippen LogP contribution < -0.4 is 5.32 Å². The highest BCUT2D eigenvalue weighted by atomic mass is 79.9. The maximum Gasteiger partial charge on any atom is 0.407 e. The van der Waals surface area contributed by atoms with Gasteiger partial charge < -0.3 is 10.1 Å². The lowest BCUT2D eigenvalue weighted by Gasteiger charge is -2.19. The standard InChI is InChI=1S/C14H17BrFNO2/c1-14(2,3)19-13(18)17-12-7-10(12)9-6-8(15)4-5-11(9)16/h4-6,10,12H,7H2,1-3H3,(H,17,18)/t10-,12+/m0/s1. The van der Waals surface area contributed by atoms with E-state index in [-0.39, 0.29) is 17.8 Å². The van der Waals surface area contributed by atoms with Gasteiger partial charge in [0.25, 0.3) is 0 Å². The summed E-state index contributed by atoms with van der Waals surface area (Å²) < 4.78 is 19.7. The van der Waals surface area contributed by atoms with Gasteiger partial charge in [-0.25, -0.2) is 9.18 Å². The normalized spacial score (nSPS) is 21.9. The number of nitrogens with one attached hydrogen (secondary N) is 1. The molecule has 104 valence electrons. The summed E-state index contributed by atoms with van der Waals surface area (Å²) in [7, 11) is 0. The molecule has 0 bridgehead atoms. The zero-order valence-electron chi connectivity index (χ0n) is 11.2. The van der Waals surface area contributed by atoms with Crippen LogP contribution in [0.3, 0.4) is 0 Å². The second kappa shape index (κ2) is 5.12. The monoisotopic (exact) mass is 329 g/mol. The van der Waals surface area contributed by atoms with Crippen LogP contribution in [0, 0.1) is 5.82 Å². The van der Waals surface area contributed by atoms with Crippen molar-refractivity contribution in [2.45, 2.75) is 44.8 Å².